The fourth-order valence-electron chi connectivity index (χ4n) is 4.12. The number of amides is 1. The molecule has 4 rings (SSSR count). The largest absolute Gasteiger partial charge is 0.417 e. The van der Waals surface area contributed by atoms with Crippen LogP contribution in [0, 0.1) is 5.41 Å². The number of carbonyl (C=O) groups excluding carboxylic acids is 1. The van der Waals surface area contributed by atoms with Crippen molar-refractivity contribution >= 4 is 27.4 Å². The number of aromatic nitrogens is 1. The molecule has 1 spiro atoms. The molecular weight excluding hydrogens is 471 g/mol. The van der Waals surface area contributed by atoms with Gasteiger partial charge in [0.25, 0.3) is 11.8 Å². The van der Waals surface area contributed by atoms with Gasteiger partial charge in [-0.05, 0) is 37.1 Å². The van der Waals surface area contributed by atoms with Gasteiger partial charge in [-0.15, -0.1) is 0 Å². The van der Waals surface area contributed by atoms with Crippen LogP contribution in [0.5, 0.6) is 0 Å². The van der Waals surface area contributed by atoms with E-state index in [2.05, 4.69) is 10.3 Å². The number of nitrogens with two attached hydrogens (primary N) is 1. The monoisotopic (exact) mass is 490 g/mol. The van der Waals surface area contributed by atoms with Crippen molar-refractivity contribution in [2.75, 3.05) is 23.3 Å². The number of nitrogens with one attached hydrogen (secondary N) is 1. The summed E-state index contributed by atoms with van der Waals surface area (Å²) >= 11 is 0. The van der Waals surface area contributed by atoms with E-state index in [0.717, 1.165) is 6.07 Å². The highest BCUT2D eigenvalue weighted by Crippen LogP contribution is 2.64. The first-order valence-corrected chi connectivity index (χ1v) is 11.4. The third-order valence-corrected chi connectivity index (χ3v) is 6.86. The Bertz CT molecular complexity index is 1220. The summed E-state index contributed by atoms with van der Waals surface area (Å²) in [5, 5.41) is 7.41. The number of carbonyl (C=O) groups is 1. The molecule has 2 aliphatic rings. The predicted octanol–water partition coefficient (Wildman–Crippen LogP) is 3.63. The molecule has 2 heterocycles. The Morgan fingerprint density at radius 1 is 1.21 bits per heavy atom. The maximum Gasteiger partial charge on any atom is 0.417 e. The number of pyridine rings is 1. The van der Waals surface area contributed by atoms with Gasteiger partial charge in [0.05, 0.1) is 21.4 Å². The molecule has 1 unspecified atom stereocenters. The number of hydrogen-bond acceptors (Lipinski definition) is 5. The van der Waals surface area contributed by atoms with Gasteiger partial charge in [-0.3, -0.25) is 4.79 Å². The topological polar surface area (TPSA) is 105 Å². The van der Waals surface area contributed by atoms with Crippen LogP contribution in [0.1, 0.15) is 35.2 Å². The Kier molecular flexibility index (Phi) is 5.39. The number of primary sulfonamides is 1. The Labute approximate surface area is 185 Å². The van der Waals surface area contributed by atoms with E-state index in [1.807, 2.05) is 0 Å². The van der Waals surface area contributed by atoms with Crippen LogP contribution >= 0.6 is 0 Å². The van der Waals surface area contributed by atoms with Crippen molar-refractivity contribution in [3.05, 3.63) is 47.7 Å². The lowest BCUT2D eigenvalue weighted by molar-refractivity contribution is -0.137. The van der Waals surface area contributed by atoms with E-state index in [0.29, 0.717) is 18.7 Å². The Morgan fingerprint density at radius 2 is 1.91 bits per heavy atom. The smallest absolute Gasteiger partial charge is 0.355 e. The van der Waals surface area contributed by atoms with Crippen LogP contribution in [-0.2, 0) is 16.2 Å². The van der Waals surface area contributed by atoms with Crippen LogP contribution < -0.4 is 15.4 Å². The molecule has 2 fully saturated rings. The maximum atomic E-state index is 13.9. The van der Waals surface area contributed by atoms with Gasteiger partial charge in [-0.1, -0.05) is 6.07 Å². The molecule has 1 saturated carbocycles. The minimum absolute atomic E-state index is 0.0290. The number of piperidine rings is 1. The van der Waals surface area contributed by atoms with Gasteiger partial charge in [-0.25, -0.2) is 27.3 Å². The number of nitrogens with zero attached hydrogens (tertiary/aromatic N) is 2. The first-order chi connectivity index (χ1) is 15.2. The van der Waals surface area contributed by atoms with Crippen molar-refractivity contribution in [2.24, 2.45) is 10.6 Å². The van der Waals surface area contributed by atoms with E-state index in [4.69, 9.17) is 5.14 Å². The van der Waals surface area contributed by atoms with Gasteiger partial charge in [0.1, 0.15) is 5.82 Å². The highest BCUT2D eigenvalue weighted by molar-refractivity contribution is 7.89. The average molecular weight is 490 g/mol. The third kappa shape index (κ3) is 4.51. The van der Waals surface area contributed by atoms with Crippen molar-refractivity contribution in [3.63, 3.8) is 0 Å². The molecule has 33 heavy (non-hydrogen) atoms. The highest BCUT2D eigenvalue weighted by Gasteiger charge is 2.71. The van der Waals surface area contributed by atoms with Gasteiger partial charge >= 0.3 is 6.18 Å². The molecule has 3 N–H and O–H groups in total. The molecule has 1 aliphatic carbocycles. The second-order valence-corrected chi connectivity index (χ2v) is 9.87. The van der Waals surface area contributed by atoms with E-state index < -0.39 is 44.6 Å². The third-order valence-electron chi connectivity index (χ3n) is 5.95. The summed E-state index contributed by atoms with van der Waals surface area (Å²) in [5.41, 5.74) is -2.95. The molecular formula is C20H19F5N4O3S. The number of halogens is 5. The van der Waals surface area contributed by atoms with E-state index in [-0.39, 0.29) is 42.3 Å². The molecule has 7 nitrogen and oxygen atoms in total. The zero-order valence-electron chi connectivity index (χ0n) is 17.0. The van der Waals surface area contributed by atoms with Crippen molar-refractivity contribution in [2.45, 2.75) is 36.3 Å². The molecule has 178 valence electrons. The predicted molar refractivity (Wildman–Crippen MR) is 108 cm³/mol. The molecule has 1 aliphatic heterocycles. The quantitative estimate of drug-likeness (QED) is 0.637. The number of sulfonamides is 1. The summed E-state index contributed by atoms with van der Waals surface area (Å²) in [7, 11) is -4.09. The first-order valence-electron chi connectivity index (χ1n) is 9.86. The van der Waals surface area contributed by atoms with Gasteiger partial charge in [0.2, 0.25) is 10.0 Å². The number of anilines is 2. The number of alkyl halides is 5. The second-order valence-electron chi connectivity index (χ2n) is 8.31. The van der Waals surface area contributed by atoms with Crippen LogP contribution in [0.25, 0.3) is 0 Å². The van der Waals surface area contributed by atoms with E-state index in [1.165, 1.54) is 23.1 Å². The summed E-state index contributed by atoms with van der Waals surface area (Å²) in [5.74, 6) is -4.02. The second kappa shape index (κ2) is 7.62. The summed E-state index contributed by atoms with van der Waals surface area (Å²) in [4.78, 5) is 17.9. The summed E-state index contributed by atoms with van der Waals surface area (Å²) in [6.07, 6.45) is -3.91. The van der Waals surface area contributed by atoms with Crippen molar-refractivity contribution in [1.29, 1.82) is 0 Å². The van der Waals surface area contributed by atoms with Crippen LogP contribution in [0.3, 0.4) is 0 Å². The number of hydrogen-bond donors (Lipinski definition) is 2. The molecule has 13 heteroatoms. The Morgan fingerprint density at radius 3 is 2.52 bits per heavy atom. The molecule has 1 atom stereocenters. The van der Waals surface area contributed by atoms with E-state index in [9.17, 15) is 35.2 Å². The van der Waals surface area contributed by atoms with Gasteiger partial charge in [0.15, 0.2) is 0 Å². The van der Waals surface area contributed by atoms with E-state index in [1.54, 1.807) is 0 Å². The zero-order valence-corrected chi connectivity index (χ0v) is 17.8. The van der Waals surface area contributed by atoms with Gasteiger partial charge in [0, 0.05) is 31.4 Å². The van der Waals surface area contributed by atoms with Gasteiger partial charge in [-0.2, -0.15) is 13.2 Å². The fourth-order valence-corrected chi connectivity index (χ4v) is 4.68. The molecule has 1 saturated heterocycles. The Hall–Kier alpha value is -2.80. The van der Waals surface area contributed by atoms with Crippen LogP contribution in [0.2, 0.25) is 0 Å². The zero-order chi connectivity index (χ0) is 24.2. The van der Waals surface area contributed by atoms with Crippen LogP contribution in [-0.4, -0.2) is 38.3 Å². The first kappa shape index (κ1) is 23.4. The van der Waals surface area contributed by atoms with Crippen LogP contribution in [0.15, 0.2) is 41.4 Å². The molecule has 0 bridgehead atoms. The lowest BCUT2D eigenvalue weighted by Gasteiger charge is -2.35. The fraction of sp³-hybridized carbons (Fsp3) is 0.400. The SMILES string of the molecule is NS(=O)(=O)c1cccc(NC(=O)c2cc(C(F)(F)F)cnc2N2CCCC3(C2)CC3(F)F)c1. The maximum absolute atomic E-state index is 13.9. The molecule has 1 aromatic heterocycles. The molecule has 0 radical (unpaired) electrons. The molecule has 1 amide bonds. The summed E-state index contributed by atoms with van der Waals surface area (Å²) < 4.78 is 90.8. The van der Waals surface area contributed by atoms with Gasteiger partial charge < -0.3 is 10.2 Å². The van der Waals surface area contributed by atoms with Crippen molar-refractivity contribution in [3.8, 4) is 0 Å². The van der Waals surface area contributed by atoms with Crippen molar-refractivity contribution in [1.82, 2.24) is 4.98 Å². The number of benzene rings is 1. The average Bonchev–Trinajstić information content (AvgIpc) is 3.24. The summed E-state index contributed by atoms with van der Waals surface area (Å²) in [6.45, 7) is 0.108. The summed E-state index contributed by atoms with van der Waals surface area (Å²) in [6, 6.07) is 5.46. The highest BCUT2D eigenvalue weighted by atomic mass is 32.2. The van der Waals surface area contributed by atoms with Crippen LogP contribution in [0.4, 0.5) is 33.5 Å². The standard InChI is InChI=1S/C20H19F5N4O3S/c21-19(22)10-18(19)5-2-6-29(11-18)16-15(7-12(9-27-16)20(23,24)25)17(30)28-13-3-1-4-14(8-13)33(26,31)32/h1,3-4,7-9H,2,5-6,10-11H2,(H,28,30)(H2,26,31,32). The number of rotatable bonds is 4. The molecule has 2 aromatic rings. The minimum Gasteiger partial charge on any atom is -0.355 e. The molecule has 1 aromatic carbocycles. The normalized spacial score (nSPS) is 22.3. The lowest BCUT2D eigenvalue weighted by Crippen LogP contribution is -2.40. The van der Waals surface area contributed by atoms with E-state index >= 15 is 0 Å². The minimum atomic E-state index is -4.79. The van der Waals surface area contributed by atoms with Crippen molar-refractivity contribution < 1.29 is 35.2 Å². The lowest BCUT2D eigenvalue weighted by atomic mass is 9.94. The Balaban J connectivity index is 1.69.